The number of hydrogen-bond donors (Lipinski definition) is 1. The summed E-state index contributed by atoms with van der Waals surface area (Å²) < 4.78 is 11.6. The van der Waals surface area contributed by atoms with Crippen LogP contribution < -0.4 is 15.6 Å². The van der Waals surface area contributed by atoms with Crippen LogP contribution in [0.25, 0.3) is 16.5 Å². The quantitative estimate of drug-likeness (QED) is 0.300. The second-order valence-corrected chi connectivity index (χ2v) is 9.19. The zero-order valence-electron chi connectivity index (χ0n) is 18.0. The maximum Gasteiger partial charge on any atom is 0.359 e. The molecule has 8 nitrogen and oxygen atoms in total. The highest BCUT2D eigenvalue weighted by atomic mass is 35.5. The molecule has 12 heteroatoms. The van der Waals surface area contributed by atoms with Crippen molar-refractivity contribution in [3.05, 3.63) is 79.0 Å². The molecule has 1 N–H and O–H groups in total. The van der Waals surface area contributed by atoms with E-state index in [1.54, 1.807) is 42.6 Å². The maximum absolute atomic E-state index is 13.4. The van der Waals surface area contributed by atoms with E-state index < -0.39 is 17.4 Å². The Bertz CT molecular complexity index is 1500. The van der Waals surface area contributed by atoms with Crippen molar-refractivity contribution in [2.24, 2.45) is 0 Å². The number of anilines is 1. The van der Waals surface area contributed by atoms with E-state index >= 15 is 0 Å². The minimum Gasteiger partial charge on any atom is -0.482 e. The van der Waals surface area contributed by atoms with Crippen molar-refractivity contribution in [1.82, 2.24) is 9.78 Å². The van der Waals surface area contributed by atoms with Crippen molar-refractivity contribution in [3.8, 4) is 11.4 Å². The van der Waals surface area contributed by atoms with Crippen LogP contribution in [0.1, 0.15) is 17.4 Å². The number of hydrogen-bond acceptors (Lipinski definition) is 7. The van der Waals surface area contributed by atoms with E-state index in [-0.39, 0.29) is 45.5 Å². The van der Waals surface area contributed by atoms with Crippen molar-refractivity contribution in [1.29, 1.82) is 0 Å². The maximum atomic E-state index is 13.4. The van der Waals surface area contributed by atoms with Crippen LogP contribution in [-0.4, -0.2) is 34.9 Å². The van der Waals surface area contributed by atoms with Crippen LogP contribution in [0.4, 0.5) is 5.00 Å². The Balaban J connectivity index is 1.71. The summed E-state index contributed by atoms with van der Waals surface area (Å²) in [5.41, 5.74) is -0.268. The molecule has 2 aromatic heterocycles. The first kappa shape index (κ1) is 25.0. The first-order valence-electron chi connectivity index (χ1n) is 10.1. The van der Waals surface area contributed by atoms with E-state index in [0.717, 1.165) is 16.0 Å². The fraction of sp³-hybridized carbons (Fsp3) is 0.130. The van der Waals surface area contributed by atoms with E-state index in [0.29, 0.717) is 15.7 Å². The summed E-state index contributed by atoms with van der Waals surface area (Å²) >= 11 is 19.1. The standard InChI is InChI=1S/C23H16Cl3N3O5S/c1-2-33-23(32)20-15-11-35-21(27-18(30)10-34-17-7-6-13(25)9-16(17)26)19(15)22(31)29(28-20)14-5-3-4-12(24)8-14/h3-9,11H,2,10H2,1H3,(H,27,30). The number of esters is 1. The number of fused-ring (bicyclic) bond motifs is 1. The summed E-state index contributed by atoms with van der Waals surface area (Å²) in [6, 6.07) is 11.1. The molecule has 4 rings (SSSR count). The summed E-state index contributed by atoms with van der Waals surface area (Å²) in [5.74, 6) is -0.966. The number of halogens is 3. The molecule has 2 aromatic carbocycles. The lowest BCUT2D eigenvalue weighted by Crippen LogP contribution is -2.26. The minimum atomic E-state index is -0.704. The second kappa shape index (κ2) is 10.7. The molecule has 0 aliphatic rings. The van der Waals surface area contributed by atoms with Gasteiger partial charge in [-0.3, -0.25) is 9.59 Å². The lowest BCUT2D eigenvalue weighted by molar-refractivity contribution is -0.118. The van der Waals surface area contributed by atoms with Crippen LogP contribution in [0, 0.1) is 0 Å². The molecule has 0 fully saturated rings. The topological polar surface area (TPSA) is 99.5 Å². The number of nitrogens with zero attached hydrogens (tertiary/aromatic N) is 2. The average molecular weight is 553 g/mol. The number of rotatable bonds is 7. The van der Waals surface area contributed by atoms with Crippen LogP contribution in [-0.2, 0) is 9.53 Å². The molecule has 0 bridgehead atoms. The molecule has 4 aromatic rings. The molecule has 0 aliphatic heterocycles. The normalized spacial score (nSPS) is 10.9. The fourth-order valence-electron chi connectivity index (χ4n) is 3.17. The zero-order chi connectivity index (χ0) is 25.1. The highest BCUT2D eigenvalue weighted by Crippen LogP contribution is 2.31. The van der Waals surface area contributed by atoms with Gasteiger partial charge in [-0.1, -0.05) is 40.9 Å². The van der Waals surface area contributed by atoms with Gasteiger partial charge in [0.15, 0.2) is 12.3 Å². The number of carbonyl (C=O) groups is 2. The number of thiophene rings is 1. The van der Waals surface area contributed by atoms with Crippen LogP contribution in [0.5, 0.6) is 5.75 Å². The first-order chi connectivity index (χ1) is 16.8. The number of benzene rings is 2. The Morgan fingerprint density at radius 1 is 1.11 bits per heavy atom. The minimum absolute atomic E-state index is 0.0672. The van der Waals surface area contributed by atoms with E-state index in [4.69, 9.17) is 44.3 Å². The van der Waals surface area contributed by atoms with Gasteiger partial charge in [0, 0.05) is 20.8 Å². The third-order valence-corrected chi connectivity index (χ3v) is 6.34. The van der Waals surface area contributed by atoms with Crippen LogP contribution >= 0.6 is 46.1 Å². The van der Waals surface area contributed by atoms with Crippen molar-refractivity contribution in [2.75, 3.05) is 18.5 Å². The van der Waals surface area contributed by atoms with Crippen molar-refractivity contribution >= 4 is 73.8 Å². The zero-order valence-corrected chi connectivity index (χ0v) is 21.1. The SMILES string of the molecule is CCOC(=O)c1nn(-c2cccc(Cl)c2)c(=O)c2c(NC(=O)COc3ccc(Cl)cc3Cl)scc12. The van der Waals surface area contributed by atoms with Gasteiger partial charge in [-0.25, -0.2) is 4.79 Å². The third kappa shape index (κ3) is 5.43. The van der Waals surface area contributed by atoms with E-state index in [1.807, 2.05) is 0 Å². The molecule has 35 heavy (non-hydrogen) atoms. The van der Waals surface area contributed by atoms with Crippen molar-refractivity contribution in [2.45, 2.75) is 6.92 Å². The second-order valence-electron chi connectivity index (χ2n) is 7.03. The number of aromatic nitrogens is 2. The third-order valence-electron chi connectivity index (χ3n) is 4.68. The Morgan fingerprint density at radius 3 is 2.60 bits per heavy atom. The molecule has 2 heterocycles. The lowest BCUT2D eigenvalue weighted by atomic mass is 10.2. The number of nitrogens with one attached hydrogen (secondary N) is 1. The van der Waals surface area contributed by atoms with Crippen LogP contribution in [0.2, 0.25) is 15.1 Å². The summed E-state index contributed by atoms with van der Waals surface area (Å²) in [4.78, 5) is 38.6. The lowest BCUT2D eigenvalue weighted by Gasteiger charge is -2.11. The van der Waals surface area contributed by atoms with Gasteiger partial charge in [0.05, 0.1) is 22.7 Å². The Morgan fingerprint density at radius 2 is 1.89 bits per heavy atom. The molecular weight excluding hydrogens is 537 g/mol. The van der Waals surface area contributed by atoms with Crippen LogP contribution in [0.15, 0.2) is 52.6 Å². The summed E-state index contributed by atoms with van der Waals surface area (Å²) in [5, 5.41) is 10.1. The summed E-state index contributed by atoms with van der Waals surface area (Å²) in [6.07, 6.45) is 0. The van der Waals surface area contributed by atoms with Crippen LogP contribution in [0.3, 0.4) is 0 Å². The van der Waals surface area contributed by atoms with Gasteiger partial charge in [-0.15, -0.1) is 11.3 Å². The Hall–Kier alpha value is -3.11. The fourth-order valence-corrected chi connectivity index (χ4v) is 4.77. The monoisotopic (exact) mass is 551 g/mol. The average Bonchev–Trinajstić information content (AvgIpc) is 3.23. The molecular formula is C23H16Cl3N3O5S. The van der Waals surface area contributed by atoms with Gasteiger partial charge in [0.1, 0.15) is 10.8 Å². The van der Waals surface area contributed by atoms with E-state index in [2.05, 4.69) is 10.4 Å². The molecule has 0 unspecified atom stereocenters. The molecule has 0 saturated carbocycles. The summed E-state index contributed by atoms with van der Waals surface area (Å²) in [7, 11) is 0. The van der Waals surface area contributed by atoms with Gasteiger partial charge in [0.25, 0.3) is 11.5 Å². The Labute approximate surface area is 217 Å². The number of ether oxygens (including phenoxy) is 2. The molecule has 0 spiro atoms. The Kier molecular flexibility index (Phi) is 7.61. The van der Waals surface area contributed by atoms with E-state index in [1.165, 1.54) is 12.1 Å². The van der Waals surface area contributed by atoms with E-state index in [9.17, 15) is 14.4 Å². The molecule has 0 aliphatic carbocycles. The van der Waals surface area contributed by atoms with Crippen molar-refractivity contribution in [3.63, 3.8) is 0 Å². The molecule has 0 radical (unpaired) electrons. The summed E-state index contributed by atoms with van der Waals surface area (Å²) in [6.45, 7) is 1.41. The molecule has 1 amide bonds. The highest BCUT2D eigenvalue weighted by molar-refractivity contribution is 7.16. The number of carbonyl (C=O) groups excluding carboxylic acids is 2. The highest BCUT2D eigenvalue weighted by Gasteiger charge is 2.23. The van der Waals surface area contributed by atoms with Gasteiger partial charge in [-0.2, -0.15) is 9.78 Å². The largest absolute Gasteiger partial charge is 0.482 e. The number of amides is 1. The predicted octanol–water partition coefficient (Wildman–Crippen LogP) is 5.60. The predicted molar refractivity (Wildman–Crippen MR) is 137 cm³/mol. The smallest absolute Gasteiger partial charge is 0.359 e. The van der Waals surface area contributed by atoms with Gasteiger partial charge < -0.3 is 14.8 Å². The molecule has 0 atom stereocenters. The first-order valence-corrected chi connectivity index (χ1v) is 12.1. The van der Waals surface area contributed by atoms with Crippen molar-refractivity contribution < 1.29 is 19.1 Å². The molecule has 180 valence electrons. The molecule has 0 saturated heterocycles. The van der Waals surface area contributed by atoms with Gasteiger partial charge in [0.2, 0.25) is 0 Å². The van der Waals surface area contributed by atoms with Gasteiger partial charge >= 0.3 is 5.97 Å². The van der Waals surface area contributed by atoms with Gasteiger partial charge in [-0.05, 0) is 43.3 Å².